The van der Waals surface area contributed by atoms with Gasteiger partial charge in [0.15, 0.2) is 11.6 Å². The number of imide groups is 2. The van der Waals surface area contributed by atoms with Gasteiger partial charge in [-0.2, -0.15) is 0 Å². The molecule has 2 N–H and O–H groups in total. The minimum Gasteiger partial charge on any atom is -0.368 e. The monoisotopic (exact) mass is 404 g/mol. The summed E-state index contributed by atoms with van der Waals surface area (Å²) >= 11 is 0. The van der Waals surface area contributed by atoms with Gasteiger partial charge < -0.3 is 10.2 Å². The van der Waals surface area contributed by atoms with E-state index in [4.69, 9.17) is 0 Å². The topological polar surface area (TPSA) is 98.8 Å². The summed E-state index contributed by atoms with van der Waals surface area (Å²) in [5, 5.41) is 5.51. The van der Waals surface area contributed by atoms with Crippen LogP contribution in [0.3, 0.4) is 0 Å². The van der Waals surface area contributed by atoms with Crippen molar-refractivity contribution in [3.63, 3.8) is 0 Å². The lowest BCUT2D eigenvalue weighted by molar-refractivity contribution is -0.136. The van der Waals surface area contributed by atoms with Crippen LogP contribution in [0.5, 0.6) is 0 Å². The Morgan fingerprint density at radius 3 is 2.24 bits per heavy atom. The van der Waals surface area contributed by atoms with Crippen LogP contribution in [0.1, 0.15) is 46.4 Å². The van der Waals surface area contributed by atoms with Crippen molar-refractivity contribution in [3.8, 4) is 0 Å². The number of fused-ring (bicyclic) bond motifs is 3. The van der Waals surface area contributed by atoms with Crippen molar-refractivity contribution in [2.24, 2.45) is 0 Å². The molecule has 3 fully saturated rings. The fourth-order valence-corrected chi connectivity index (χ4v) is 4.82. The van der Waals surface area contributed by atoms with Crippen molar-refractivity contribution >= 4 is 29.3 Å². The number of benzene rings is 1. The van der Waals surface area contributed by atoms with E-state index >= 15 is 0 Å². The highest BCUT2D eigenvalue weighted by molar-refractivity contribution is 6.25. The summed E-state index contributed by atoms with van der Waals surface area (Å²) in [5.74, 6) is -5.78. The highest BCUT2D eigenvalue weighted by atomic mass is 19.2. The molecule has 2 bridgehead atoms. The Morgan fingerprint density at radius 1 is 0.931 bits per heavy atom. The first-order chi connectivity index (χ1) is 13.8. The molecule has 1 aromatic carbocycles. The molecular weight excluding hydrogens is 386 g/mol. The number of carbonyl (C=O) groups is 4. The third kappa shape index (κ3) is 2.65. The zero-order valence-corrected chi connectivity index (χ0v) is 15.3. The van der Waals surface area contributed by atoms with Crippen LogP contribution in [0.2, 0.25) is 0 Å². The van der Waals surface area contributed by atoms with Crippen LogP contribution in [0.15, 0.2) is 6.07 Å². The van der Waals surface area contributed by atoms with Gasteiger partial charge in [0, 0.05) is 37.7 Å². The lowest BCUT2D eigenvalue weighted by Crippen LogP contribution is -2.54. The molecule has 4 amide bonds. The summed E-state index contributed by atoms with van der Waals surface area (Å²) in [6.45, 7) is 1.02. The number of hydrogen-bond acceptors (Lipinski definition) is 6. The first-order valence-electron chi connectivity index (χ1n) is 9.59. The standard InChI is InChI=1S/C19H18F2N4O4/c20-10-5-12(24-6-8-1-2-9(7-24)22-8)14-15(16(10)21)19(29)25(18(14)28)11-3-4-13(26)23-17(11)27/h5,8-9,11,22H,1-4,6-7H2,(H,23,26,27). The fourth-order valence-electron chi connectivity index (χ4n) is 4.82. The van der Waals surface area contributed by atoms with Crippen molar-refractivity contribution in [2.45, 2.75) is 43.8 Å². The predicted molar refractivity (Wildman–Crippen MR) is 95.2 cm³/mol. The number of halogens is 2. The zero-order chi connectivity index (χ0) is 20.4. The summed E-state index contributed by atoms with van der Waals surface area (Å²) in [5.41, 5.74) is -0.675. The average Bonchev–Trinajstić information content (AvgIpc) is 3.14. The van der Waals surface area contributed by atoms with E-state index in [0.717, 1.165) is 18.9 Å². The van der Waals surface area contributed by atoms with Crippen LogP contribution in [0, 0.1) is 11.6 Å². The summed E-state index contributed by atoms with van der Waals surface area (Å²) in [7, 11) is 0. The van der Waals surface area contributed by atoms with Crippen LogP contribution in [-0.2, 0) is 9.59 Å². The van der Waals surface area contributed by atoms with Gasteiger partial charge in [-0.1, -0.05) is 0 Å². The molecule has 152 valence electrons. The van der Waals surface area contributed by atoms with Crippen molar-refractivity contribution in [1.29, 1.82) is 0 Å². The molecule has 4 aliphatic heterocycles. The summed E-state index contributed by atoms with van der Waals surface area (Å²) in [6, 6.07) is 0.0828. The third-order valence-electron chi connectivity index (χ3n) is 6.14. The van der Waals surface area contributed by atoms with E-state index in [1.54, 1.807) is 4.90 Å². The number of hydrogen-bond donors (Lipinski definition) is 2. The molecular formula is C19H18F2N4O4. The van der Waals surface area contributed by atoms with Gasteiger partial charge in [0.05, 0.1) is 16.8 Å². The Bertz CT molecular complexity index is 969. The molecule has 10 heteroatoms. The number of carbonyl (C=O) groups excluding carboxylic acids is 4. The Labute approximate surface area is 164 Å². The smallest absolute Gasteiger partial charge is 0.265 e. The van der Waals surface area contributed by atoms with Gasteiger partial charge in [-0.3, -0.25) is 29.4 Å². The van der Waals surface area contributed by atoms with Gasteiger partial charge in [0.25, 0.3) is 11.8 Å². The van der Waals surface area contributed by atoms with Crippen molar-refractivity contribution in [1.82, 2.24) is 15.5 Å². The second-order valence-electron chi connectivity index (χ2n) is 7.93. The fraction of sp³-hybridized carbons (Fsp3) is 0.474. The number of piperazine rings is 1. The number of anilines is 1. The zero-order valence-electron chi connectivity index (χ0n) is 15.3. The second kappa shape index (κ2) is 6.31. The lowest BCUT2D eigenvalue weighted by atomic mass is 10.0. The summed E-state index contributed by atoms with van der Waals surface area (Å²) < 4.78 is 29.0. The first-order valence-corrected chi connectivity index (χ1v) is 9.59. The second-order valence-corrected chi connectivity index (χ2v) is 7.93. The molecule has 0 aromatic heterocycles. The van der Waals surface area contributed by atoms with Gasteiger partial charge in [0.1, 0.15) is 6.04 Å². The molecule has 3 saturated heterocycles. The minimum absolute atomic E-state index is 0.0470. The van der Waals surface area contributed by atoms with Crippen LogP contribution in [0.25, 0.3) is 0 Å². The highest BCUT2D eigenvalue weighted by Gasteiger charge is 2.49. The van der Waals surface area contributed by atoms with Gasteiger partial charge in [-0.15, -0.1) is 0 Å². The maximum absolute atomic E-state index is 14.6. The minimum atomic E-state index is -1.39. The molecule has 4 aliphatic rings. The number of nitrogens with zero attached hydrogens (tertiary/aromatic N) is 2. The molecule has 4 heterocycles. The molecule has 29 heavy (non-hydrogen) atoms. The van der Waals surface area contributed by atoms with Gasteiger partial charge >= 0.3 is 0 Å². The molecule has 0 aliphatic carbocycles. The van der Waals surface area contributed by atoms with Gasteiger partial charge in [0.2, 0.25) is 11.8 Å². The predicted octanol–water partition coefficient (Wildman–Crippen LogP) is 0.307. The molecule has 1 aromatic rings. The van der Waals surface area contributed by atoms with E-state index in [1.165, 1.54) is 0 Å². The molecule has 0 radical (unpaired) electrons. The summed E-state index contributed by atoms with van der Waals surface area (Å²) in [4.78, 5) is 52.1. The molecule has 3 unspecified atom stereocenters. The SMILES string of the molecule is O=C1CCC(N2C(=O)c3c(N4CC5CCC(C4)N5)cc(F)c(F)c3C2=O)C(=O)N1. The van der Waals surface area contributed by atoms with E-state index in [2.05, 4.69) is 10.6 Å². The van der Waals surface area contributed by atoms with Crippen LogP contribution in [-0.4, -0.2) is 59.7 Å². The van der Waals surface area contributed by atoms with E-state index in [9.17, 15) is 28.0 Å². The quantitative estimate of drug-likeness (QED) is 0.689. The Hall–Kier alpha value is -2.88. The van der Waals surface area contributed by atoms with Crippen LogP contribution >= 0.6 is 0 Å². The molecule has 0 spiro atoms. The largest absolute Gasteiger partial charge is 0.368 e. The Morgan fingerprint density at radius 2 is 1.59 bits per heavy atom. The van der Waals surface area contributed by atoms with Crippen molar-refractivity contribution in [2.75, 3.05) is 18.0 Å². The van der Waals surface area contributed by atoms with Gasteiger partial charge in [-0.05, 0) is 19.3 Å². The van der Waals surface area contributed by atoms with Crippen molar-refractivity contribution in [3.05, 3.63) is 28.8 Å². The van der Waals surface area contributed by atoms with E-state index in [-0.39, 0.29) is 36.2 Å². The Balaban J connectivity index is 1.57. The van der Waals surface area contributed by atoms with Crippen molar-refractivity contribution < 1.29 is 28.0 Å². The normalized spacial score (nSPS) is 28.8. The highest BCUT2D eigenvalue weighted by Crippen LogP contribution is 2.38. The number of rotatable bonds is 2. The Kier molecular flexibility index (Phi) is 3.95. The summed E-state index contributed by atoms with van der Waals surface area (Å²) in [6.07, 6.45) is 1.80. The third-order valence-corrected chi connectivity index (χ3v) is 6.14. The average molecular weight is 404 g/mol. The number of piperidine rings is 1. The molecule has 3 atom stereocenters. The van der Waals surface area contributed by atoms with Gasteiger partial charge in [-0.25, -0.2) is 8.78 Å². The number of amides is 4. The molecule has 5 rings (SSSR count). The lowest BCUT2D eigenvalue weighted by Gasteiger charge is -2.35. The molecule has 0 saturated carbocycles. The first kappa shape index (κ1) is 18.2. The maximum atomic E-state index is 14.6. The number of nitrogens with one attached hydrogen (secondary N) is 2. The maximum Gasteiger partial charge on any atom is 0.265 e. The van der Waals surface area contributed by atoms with Crippen LogP contribution in [0.4, 0.5) is 14.5 Å². The van der Waals surface area contributed by atoms with Crippen LogP contribution < -0.4 is 15.5 Å². The van der Waals surface area contributed by atoms with E-state index < -0.39 is 46.9 Å². The van der Waals surface area contributed by atoms with E-state index in [0.29, 0.717) is 18.0 Å². The molecule has 8 nitrogen and oxygen atoms in total. The van der Waals surface area contributed by atoms with E-state index in [1.807, 2.05) is 0 Å².